The third-order valence-corrected chi connectivity index (χ3v) is 2.06. The molecule has 0 N–H and O–H groups in total. The van der Waals surface area contributed by atoms with Gasteiger partial charge in [0.25, 0.3) is 0 Å². The lowest BCUT2D eigenvalue weighted by atomic mass is 10.1. The van der Waals surface area contributed by atoms with Crippen molar-refractivity contribution >= 4 is 5.91 Å². The van der Waals surface area contributed by atoms with Gasteiger partial charge in [-0.1, -0.05) is 20.3 Å². The monoisotopic (exact) mass is 157 g/mol. The number of carbonyl (C=O) groups is 1. The molecule has 0 aromatic carbocycles. The maximum atomic E-state index is 11.0. The van der Waals surface area contributed by atoms with E-state index in [2.05, 4.69) is 13.8 Å². The van der Waals surface area contributed by atoms with Crippen LogP contribution >= 0.6 is 0 Å². The van der Waals surface area contributed by atoms with Gasteiger partial charge in [-0.05, 0) is 12.8 Å². The lowest BCUT2D eigenvalue weighted by Crippen LogP contribution is -2.32. The number of hydrogen-bond donors (Lipinski definition) is 0. The van der Waals surface area contributed by atoms with Crippen molar-refractivity contribution in [2.45, 2.75) is 34.1 Å². The quantitative estimate of drug-likeness (QED) is 0.610. The van der Waals surface area contributed by atoms with Crippen molar-refractivity contribution in [2.75, 3.05) is 13.1 Å². The second-order valence-electron chi connectivity index (χ2n) is 3.07. The molecule has 1 unspecified atom stereocenters. The summed E-state index contributed by atoms with van der Waals surface area (Å²) in [7, 11) is 0. The van der Waals surface area contributed by atoms with Crippen LogP contribution in [0.4, 0.5) is 0 Å². The van der Waals surface area contributed by atoms with Crippen molar-refractivity contribution in [3.63, 3.8) is 0 Å². The molecule has 1 amide bonds. The Morgan fingerprint density at radius 2 is 2.00 bits per heavy atom. The molecule has 0 bridgehead atoms. The molecule has 0 aliphatic carbocycles. The predicted molar refractivity (Wildman–Crippen MR) is 47.4 cm³/mol. The van der Waals surface area contributed by atoms with Crippen LogP contribution in [0.1, 0.15) is 34.1 Å². The van der Waals surface area contributed by atoms with Crippen molar-refractivity contribution in [3.8, 4) is 0 Å². The fourth-order valence-corrected chi connectivity index (χ4v) is 0.986. The molecule has 0 aliphatic heterocycles. The van der Waals surface area contributed by atoms with Crippen molar-refractivity contribution in [1.29, 1.82) is 0 Å². The summed E-state index contributed by atoms with van der Waals surface area (Å²) in [5, 5.41) is 0. The summed E-state index contributed by atoms with van der Waals surface area (Å²) in [6, 6.07) is 0. The van der Waals surface area contributed by atoms with E-state index in [1.807, 2.05) is 11.8 Å². The summed E-state index contributed by atoms with van der Waals surface area (Å²) in [4.78, 5) is 12.8. The first-order chi connectivity index (χ1) is 5.11. The highest BCUT2D eigenvalue weighted by Gasteiger charge is 2.08. The molecule has 0 spiro atoms. The van der Waals surface area contributed by atoms with Crippen LogP contribution in [0.15, 0.2) is 0 Å². The van der Waals surface area contributed by atoms with Crippen LogP contribution in [-0.2, 0) is 4.79 Å². The summed E-state index contributed by atoms with van der Waals surface area (Å²) in [6.07, 6.45) is 1.14. The van der Waals surface area contributed by atoms with Crippen LogP contribution in [0.25, 0.3) is 0 Å². The Labute approximate surface area is 69.6 Å². The van der Waals surface area contributed by atoms with E-state index in [-0.39, 0.29) is 5.91 Å². The minimum absolute atomic E-state index is 0.188. The lowest BCUT2D eigenvalue weighted by molar-refractivity contribution is -0.129. The van der Waals surface area contributed by atoms with Gasteiger partial charge in [-0.3, -0.25) is 4.79 Å². The van der Waals surface area contributed by atoms with Crippen LogP contribution in [-0.4, -0.2) is 23.9 Å². The third-order valence-electron chi connectivity index (χ3n) is 2.06. The standard InChI is InChI=1S/C9H19NO/c1-5-8(3)7-10(6-2)9(4)11/h8H,5-7H2,1-4H3. The number of carbonyl (C=O) groups excluding carboxylic acids is 1. The molecular weight excluding hydrogens is 138 g/mol. The first-order valence-electron chi connectivity index (χ1n) is 4.37. The molecule has 0 rings (SSSR count). The maximum Gasteiger partial charge on any atom is 0.219 e. The number of hydrogen-bond acceptors (Lipinski definition) is 1. The summed E-state index contributed by atoms with van der Waals surface area (Å²) in [5.41, 5.74) is 0. The zero-order chi connectivity index (χ0) is 8.85. The van der Waals surface area contributed by atoms with E-state index in [4.69, 9.17) is 0 Å². The first kappa shape index (κ1) is 10.5. The van der Waals surface area contributed by atoms with Gasteiger partial charge in [0.2, 0.25) is 5.91 Å². The van der Waals surface area contributed by atoms with E-state index in [0.717, 1.165) is 19.5 Å². The van der Waals surface area contributed by atoms with Crippen molar-refractivity contribution in [1.82, 2.24) is 4.90 Å². The molecule has 0 aromatic rings. The van der Waals surface area contributed by atoms with Crippen LogP contribution in [0.2, 0.25) is 0 Å². The molecule has 11 heavy (non-hydrogen) atoms. The Bertz CT molecular complexity index is 123. The van der Waals surface area contributed by atoms with E-state index >= 15 is 0 Å². The Kier molecular flexibility index (Phi) is 4.92. The highest BCUT2D eigenvalue weighted by atomic mass is 16.2. The lowest BCUT2D eigenvalue weighted by Gasteiger charge is -2.22. The molecular formula is C9H19NO. The van der Waals surface area contributed by atoms with Crippen molar-refractivity contribution < 1.29 is 4.79 Å². The first-order valence-corrected chi connectivity index (χ1v) is 4.37. The summed E-state index contributed by atoms with van der Waals surface area (Å²) < 4.78 is 0. The summed E-state index contributed by atoms with van der Waals surface area (Å²) in [6.45, 7) is 9.71. The van der Waals surface area contributed by atoms with Crippen molar-refractivity contribution in [2.24, 2.45) is 5.92 Å². The molecule has 2 nitrogen and oxygen atoms in total. The minimum atomic E-state index is 0.188. The molecule has 1 atom stereocenters. The van der Waals surface area contributed by atoms with E-state index in [9.17, 15) is 4.79 Å². The number of amides is 1. The molecule has 0 radical (unpaired) electrons. The maximum absolute atomic E-state index is 11.0. The highest BCUT2D eigenvalue weighted by molar-refractivity contribution is 5.73. The van der Waals surface area contributed by atoms with E-state index in [1.165, 1.54) is 0 Å². The molecule has 0 fully saturated rings. The van der Waals surface area contributed by atoms with Gasteiger partial charge in [0.05, 0.1) is 0 Å². The summed E-state index contributed by atoms with van der Waals surface area (Å²) >= 11 is 0. The van der Waals surface area contributed by atoms with Gasteiger partial charge in [0.15, 0.2) is 0 Å². The predicted octanol–water partition coefficient (Wildman–Crippen LogP) is 1.90. The topological polar surface area (TPSA) is 20.3 Å². The second kappa shape index (κ2) is 5.16. The molecule has 0 saturated carbocycles. The molecule has 0 heterocycles. The zero-order valence-electron chi connectivity index (χ0n) is 8.05. The largest absolute Gasteiger partial charge is 0.343 e. The number of rotatable bonds is 4. The van der Waals surface area contributed by atoms with Gasteiger partial charge in [-0.2, -0.15) is 0 Å². The van der Waals surface area contributed by atoms with Gasteiger partial charge >= 0.3 is 0 Å². The van der Waals surface area contributed by atoms with Crippen molar-refractivity contribution in [3.05, 3.63) is 0 Å². The Hall–Kier alpha value is -0.530. The van der Waals surface area contributed by atoms with Crippen LogP contribution in [0.5, 0.6) is 0 Å². The Balaban J connectivity index is 3.77. The normalized spacial score (nSPS) is 12.7. The van der Waals surface area contributed by atoms with Gasteiger partial charge in [-0.25, -0.2) is 0 Å². The van der Waals surface area contributed by atoms with Gasteiger partial charge in [0.1, 0.15) is 0 Å². The fraction of sp³-hybridized carbons (Fsp3) is 0.889. The van der Waals surface area contributed by atoms with Gasteiger partial charge < -0.3 is 4.90 Å². The van der Waals surface area contributed by atoms with E-state index in [1.54, 1.807) is 6.92 Å². The Morgan fingerprint density at radius 3 is 2.27 bits per heavy atom. The van der Waals surface area contributed by atoms with Gasteiger partial charge in [0, 0.05) is 20.0 Å². The Morgan fingerprint density at radius 1 is 1.45 bits per heavy atom. The SMILES string of the molecule is CCC(C)CN(CC)C(C)=O. The minimum Gasteiger partial charge on any atom is -0.343 e. The molecule has 0 saturated heterocycles. The molecule has 0 aromatic heterocycles. The van der Waals surface area contributed by atoms with Crippen LogP contribution in [0, 0.1) is 5.92 Å². The second-order valence-corrected chi connectivity index (χ2v) is 3.07. The number of nitrogens with zero attached hydrogens (tertiary/aromatic N) is 1. The highest BCUT2D eigenvalue weighted by Crippen LogP contribution is 2.03. The van der Waals surface area contributed by atoms with Crippen LogP contribution in [0.3, 0.4) is 0 Å². The third kappa shape index (κ3) is 4.02. The average molecular weight is 157 g/mol. The van der Waals surface area contributed by atoms with Gasteiger partial charge in [-0.15, -0.1) is 0 Å². The zero-order valence-corrected chi connectivity index (χ0v) is 8.05. The molecule has 0 aliphatic rings. The van der Waals surface area contributed by atoms with E-state index in [0.29, 0.717) is 5.92 Å². The molecule has 66 valence electrons. The average Bonchev–Trinajstić information content (AvgIpc) is 1.99. The smallest absolute Gasteiger partial charge is 0.219 e. The van der Waals surface area contributed by atoms with Crippen LogP contribution < -0.4 is 0 Å². The molecule has 2 heteroatoms. The van der Waals surface area contributed by atoms with E-state index < -0.39 is 0 Å². The summed E-state index contributed by atoms with van der Waals surface area (Å²) in [5.74, 6) is 0.812. The fourth-order valence-electron chi connectivity index (χ4n) is 0.986.